The summed E-state index contributed by atoms with van der Waals surface area (Å²) in [5.41, 5.74) is 1.04. The standard InChI is InChI=1S/C31H19ClFNO5/c32-20-9-14-25-19(15-20)17-26(39-25)29(35)27-28(34(31(37)30(27)36)22-12-10-21(33)11-13-22)18-5-4-8-24(16-18)38-23-6-2-1-3-7-23/h1-17,28,36H. The Kier molecular flexibility index (Phi) is 6.13. The molecule has 2 heterocycles. The van der Waals surface area contributed by atoms with Gasteiger partial charge in [-0.15, -0.1) is 0 Å². The summed E-state index contributed by atoms with van der Waals surface area (Å²) < 4.78 is 25.5. The molecule has 1 aliphatic heterocycles. The van der Waals surface area contributed by atoms with Crippen LogP contribution < -0.4 is 9.64 Å². The summed E-state index contributed by atoms with van der Waals surface area (Å²) in [5, 5.41) is 12.1. The zero-order chi connectivity index (χ0) is 27.1. The molecule has 1 amide bonds. The van der Waals surface area contributed by atoms with Crippen molar-refractivity contribution in [1.82, 2.24) is 0 Å². The Morgan fingerprint density at radius 1 is 0.897 bits per heavy atom. The fraction of sp³-hybridized carbons (Fsp3) is 0.0323. The molecule has 0 aliphatic carbocycles. The number of ether oxygens (including phenoxy) is 1. The second-order valence-corrected chi connectivity index (χ2v) is 9.36. The zero-order valence-corrected chi connectivity index (χ0v) is 20.9. The summed E-state index contributed by atoms with van der Waals surface area (Å²) in [6.45, 7) is 0. The molecule has 6 rings (SSSR count). The van der Waals surface area contributed by atoms with Crippen molar-refractivity contribution in [3.8, 4) is 11.5 Å². The molecule has 1 aromatic heterocycles. The van der Waals surface area contributed by atoms with Gasteiger partial charge in [-0.3, -0.25) is 14.5 Å². The van der Waals surface area contributed by atoms with Crippen LogP contribution in [0.25, 0.3) is 11.0 Å². The van der Waals surface area contributed by atoms with Gasteiger partial charge in [-0.05, 0) is 78.4 Å². The Balaban J connectivity index is 1.46. The number of ketones is 1. The number of hydrogen-bond donors (Lipinski definition) is 1. The van der Waals surface area contributed by atoms with Gasteiger partial charge in [0.15, 0.2) is 11.5 Å². The average molecular weight is 540 g/mol. The van der Waals surface area contributed by atoms with E-state index < -0.39 is 29.3 Å². The Bertz CT molecular complexity index is 1760. The molecule has 1 N–H and O–H groups in total. The number of hydrogen-bond acceptors (Lipinski definition) is 5. The molecule has 5 aromatic rings. The lowest BCUT2D eigenvalue weighted by atomic mass is 9.94. The van der Waals surface area contributed by atoms with E-state index in [2.05, 4.69) is 0 Å². The Morgan fingerprint density at radius 3 is 2.41 bits per heavy atom. The number of carbonyl (C=O) groups excluding carboxylic acids is 2. The topological polar surface area (TPSA) is 80.0 Å². The monoisotopic (exact) mass is 539 g/mol. The molecule has 1 atom stereocenters. The number of carbonyl (C=O) groups is 2. The van der Waals surface area contributed by atoms with Crippen molar-refractivity contribution in [2.24, 2.45) is 0 Å². The van der Waals surface area contributed by atoms with Crippen molar-refractivity contribution in [3.63, 3.8) is 0 Å². The molecular formula is C31H19ClFNO5. The third-order valence-corrected chi connectivity index (χ3v) is 6.65. The van der Waals surface area contributed by atoms with Crippen LogP contribution in [0.4, 0.5) is 10.1 Å². The van der Waals surface area contributed by atoms with Crippen molar-refractivity contribution in [2.45, 2.75) is 6.04 Å². The summed E-state index contributed by atoms with van der Waals surface area (Å²) >= 11 is 6.09. The SMILES string of the molecule is O=C(C1=C(O)C(=O)N(c2ccc(F)cc2)C1c1cccc(Oc2ccccc2)c1)c1cc2cc(Cl)ccc2o1. The van der Waals surface area contributed by atoms with Crippen molar-refractivity contribution in [3.05, 3.63) is 137 Å². The van der Waals surface area contributed by atoms with Crippen LogP contribution in [0.3, 0.4) is 0 Å². The van der Waals surface area contributed by atoms with Gasteiger partial charge in [0.25, 0.3) is 5.91 Å². The van der Waals surface area contributed by atoms with Crippen molar-refractivity contribution < 1.29 is 28.2 Å². The fourth-order valence-corrected chi connectivity index (χ4v) is 4.83. The molecular weight excluding hydrogens is 521 g/mol. The highest BCUT2D eigenvalue weighted by Gasteiger charge is 2.45. The maximum absolute atomic E-state index is 13.8. The fourth-order valence-electron chi connectivity index (χ4n) is 4.65. The van der Waals surface area contributed by atoms with E-state index in [0.29, 0.717) is 38.7 Å². The molecule has 6 nitrogen and oxygen atoms in total. The molecule has 0 fully saturated rings. The lowest BCUT2D eigenvalue weighted by Crippen LogP contribution is -2.31. The third-order valence-electron chi connectivity index (χ3n) is 6.41. The third kappa shape index (κ3) is 4.53. The van der Waals surface area contributed by atoms with Crippen LogP contribution >= 0.6 is 11.6 Å². The minimum atomic E-state index is -1.05. The number of para-hydroxylation sites is 1. The van der Waals surface area contributed by atoms with Gasteiger partial charge >= 0.3 is 0 Å². The molecule has 0 spiro atoms. The van der Waals surface area contributed by atoms with Crippen molar-refractivity contribution in [1.29, 1.82) is 0 Å². The van der Waals surface area contributed by atoms with Crippen LogP contribution in [0.5, 0.6) is 11.5 Å². The molecule has 8 heteroatoms. The van der Waals surface area contributed by atoms with E-state index in [1.54, 1.807) is 54.6 Å². The first kappa shape index (κ1) is 24.5. The van der Waals surface area contributed by atoms with E-state index >= 15 is 0 Å². The van der Waals surface area contributed by atoms with Crippen LogP contribution in [0, 0.1) is 5.82 Å². The van der Waals surface area contributed by atoms with E-state index in [-0.39, 0.29) is 11.3 Å². The Labute approximate surface area is 227 Å². The summed E-state index contributed by atoms with van der Waals surface area (Å²) in [6, 6.07) is 26.6. The van der Waals surface area contributed by atoms with Gasteiger partial charge in [-0.25, -0.2) is 4.39 Å². The normalized spacial score (nSPS) is 15.3. The predicted molar refractivity (Wildman–Crippen MR) is 145 cm³/mol. The van der Waals surface area contributed by atoms with Crippen LogP contribution in [0.15, 0.2) is 119 Å². The molecule has 0 saturated carbocycles. The van der Waals surface area contributed by atoms with Crippen molar-refractivity contribution in [2.75, 3.05) is 4.90 Å². The number of aliphatic hydroxyl groups is 1. The van der Waals surface area contributed by atoms with E-state index in [1.807, 2.05) is 18.2 Å². The Hall–Kier alpha value is -4.88. The van der Waals surface area contributed by atoms with Gasteiger partial charge in [0, 0.05) is 16.1 Å². The van der Waals surface area contributed by atoms with Crippen LogP contribution in [-0.4, -0.2) is 16.8 Å². The highest BCUT2D eigenvalue weighted by Crippen LogP contribution is 2.43. The maximum Gasteiger partial charge on any atom is 0.294 e. The minimum Gasteiger partial charge on any atom is -0.503 e. The number of anilines is 1. The lowest BCUT2D eigenvalue weighted by Gasteiger charge is -2.27. The smallest absolute Gasteiger partial charge is 0.294 e. The molecule has 1 aliphatic rings. The van der Waals surface area contributed by atoms with Gasteiger partial charge in [-0.1, -0.05) is 41.9 Å². The molecule has 0 saturated heterocycles. The number of rotatable bonds is 6. The summed E-state index contributed by atoms with van der Waals surface area (Å²) in [6.07, 6.45) is 0. The van der Waals surface area contributed by atoms with Gasteiger partial charge in [0.2, 0.25) is 5.78 Å². The molecule has 4 aromatic carbocycles. The van der Waals surface area contributed by atoms with E-state index in [4.69, 9.17) is 20.8 Å². The second-order valence-electron chi connectivity index (χ2n) is 8.93. The van der Waals surface area contributed by atoms with Gasteiger partial charge in [0.1, 0.15) is 22.9 Å². The molecule has 39 heavy (non-hydrogen) atoms. The number of nitrogens with zero attached hydrogens (tertiary/aromatic N) is 1. The number of amides is 1. The number of benzene rings is 4. The van der Waals surface area contributed by atoms with E-state index in [1.165, 1.54) is 35.2 Å². The number of fused-ring (bicyclic) bond motifs is 1. The molecule has 1 unspecified atom stereocenters. The van der Waals surface area contributed by atoms with E-state index in [9.17, 15) is 19.1 Å². The summed E-state index contributed by atoms with van der Waals surface area (Å²) in [4.78, 5) is 28.5. The predicted octanol–water partition coefficient (Wildman–Crippen LogP) is 7.80. The Morgan fingerprint density at radius 2 is 1.64 bits per heavy atom. The lowest BCUT2D eigenvalue weighted by molar-refractivity contribution is -0.117. The number of aliphatic hydroxyl groups excluding tert-OH is 1. The van der Waals surface area contributed by atoms with Crippen LogP contribution in [0.1, 0.15) is 22.2 Å². The maximum atomic E-state index is 13.8. The number of halogens is 2. The van der Waals surface area contributed by atoms with Gasteiger partial charge in [-0.2, -0.15) is 0 Å². The number of Topliss-reactive ketones (excluding diaryl/α,β-unsaturated/α-hetero) is 1. The zero-order valence-electron chi connectivity index (χ0n) is 20.2. The molecule has 0 radical (unpaired) electrons. The largest absolute Gasteiger partial charge is 0.503 e. The first-order valence-corrected chi connectivity index (χ1v) is 12.4. The highest BCUT2D eigenvalue weighted by molar-refractivity contribution is 6.31. The summed E-state index contributed by atoms with van der Waals surface area (Å²) in [7, 11) is 0. The summed E-state index contributed by atoms with van der Waals surface area (Å²) in [5.74, 6) is -1.69. The molecule has 192 valence electrons. The number of furan rings is 1. The second kappa shape index (κ2) is 9.78. The van der Waals surface area contributed by atoms with Crippen LogP contribution in [0.2, 0.25) is 5.02 Å². The first-order chi connectivity index (χ1) is 18.9. The average Bonchev–Trinajstić information content (AvgIpc) is 3.48. The van der Waals surface area contributed by atoms with Gasteiger partial charge in [0.05, 0.1) is 11.6 Å². The minimum absolute atomic E-state index is 0.0655. The quantitative estimate of drug-likeness (QED) is 0.223. The van der Waals surface area contributed by atoms with Gasteiger partial charge < -0.3 is 14.3 Å². The van der Waals surface area contributed by atoms with Crippen molar-refractivity contribution >= 4 is 39.9 Å². The molecule has 0 bridgehead atoms. The first-order valence-electron chi connectivity index (χ1n) is 12.0. The van der Waals surface area contributed by atoms with E-state index in [0.717, 1.165) is 0 Å². The van der Waals surface area contributed by atoms with Crippen LogP contribution in [-0.2, 0) is 4.79 Å². The highest BCUT2D eigenvalue weighted by atomic mass is 35.5.